The fourth-order valence-corrected chi connectivity index (χ4v) is 3.59. The number of rotatable bonds is 0. The lowest BCUT2D eigenvalue weighted by Crippen LogP contribution is -2.28. The second kappa shape index (κ2) is 1.98. The Morgan fingerprint density at radius 3 is 2.85 bits per heavy atom. The van der Waals surface area contributed by atoms with Crippen LogP contribution >= 0.6 is 11.3 Å². The number of hydrogen-bond donors (Lipinski definition) is 0. The van der Waals surface area contributed by atoms with Crippen LogP contribution in [0.4, 0.5) is 0 Å². The fourth-order valence-electron chi connectivity index (χ4n) is 2.25. The molecule has 1 aromatic rings. The minimum absolute atomic E-state index is 0.130. The van der Waals surface area contributed by atoms with Crippen LogP contribution in [-0.4, -0.2) is 17.9 Å². The van der Waals surface area contributed by atoms with E-state index in [2.05, 4.69) is 5.38 Å². The SMILES string of the molecule is Cc1csc2c1C(=O)N(C)C21CC1. The third-order valence-corrected chi connectivity index (χ3v) is 4.57. The van der Waals surface area contributed by atoms with Crippen molar-refractivity contribution < 1.29 is 4.79 Å². The molecule has 0 atom stereocenters. The van der Waals surface area contributed by atoms with Gasteiger partial charge in [0.05, 0.1) is 11.1 Å². The van der Waals surface area contributed by atoms with Gasteiger partial charge in [0.15, 0.2) is 0 Å². The normalized spacial score (nSPS) is 22.6. The molecule has 1 aromatic heterocycles. The average Bonchev–Trinajstić information content (AvgIpc) is 2.78. The van der Waals surface area contributed by atoms with Crippen molar-refractivity contribution in [2.45, 2.75) is 25.3 Å². The smallest absolute Gasteiger partial charge is 0.255 e. The molecule has 2 heterocycles. The molecule has 68 valence electrons. The monoisotopic (exact) mass is 193 g/mol. The summed E-state index contributed by atoms with van der Waals surface area (Å²) in [5.74, 6) is 0.228. The minimum Gasteiger partial charge on any atom is -0.331 e. The van der Waals surface area contributed by atoms with Crippen LogP contribution < -0.4 is 0 Å². The van der Waals surface area contributed by atoms with E-state index in [9.17, 15) is 4.79 Å². The first-order valence-corrected chi connectivity index (χ1v) is 5.41. The first kappa shape index (κ1) is 7.56. The summed E-state index contributed by atoms with van der Waals surface area (Å²) < 4.78 is 0. The standard InChI is InChI=1S/C10H11NOS/c1-6-5-13-8-7(6)9(12)11(2)10(8)3-4-10/h5H,3-4H2,1-2H3. The molecule has 0 unspecified atom stereocenters. The molecule has 1 saturated carbocycles. The molecular formula is C10H11NOS. The zero-order chi connectivity index (χ0) is 9.22. The van der Waals surface area contributed by atoms with Crippen molar-refractivity contribution in [2.75, 3.05) is 7.05 Å². The molecule has 1 fully saturated rings. The van der Waals surface area contributed by atoms with E-state index in [0.717, 1.165) is 24.0 Å². The molecule has 0 aromatic carbocycles. The third kappa shape index (κ3) is 0.680. The van der Waals surface area contributed by atoms with Crippen LogP contribution in [0.25, 0.3) is 0 Å². The molecule has 0 bridgehead atoms. The first-order chi connectivity index (χ1) is 6.17. The lowest BCUT2D eigenvalue weighted by Gasteiger charge is -2.18. The Balaban J connectivity index is 2.28. The molecule has 0 radical (unpaired) electrons. The van der Waals surface area contributed by atoms with Crippen molar-refractivity contribution in [3.8, 4) is 0 Å². The minimum atomic E-state index is 0.130. The lowest BCUT2D eigenvalue weighted by molar-refractivity contribution is 0.0755. The van der Waals surface area contributed by atoms with Gasteiger partial charge in [0.2, 0.25) is 0 Å². The van der Waals surface area contributed by atoms with Crippen molar-refractivity contribution in [2.24, 2.45) is 0 Å². The molecule has 0 N–H and O–H groups in total. The molecular weight excluding hydrogens is 182 g/mol. The van der Waals surface area contributed by atoms with Gasteiger partial charge in [0.25, 0.3) is 5.91 Å². The maximum Gasteiger partial charge on any atom is 0.255 e. The molecule has 3 heteroatoms. The van der Waals surface area contributed by atoms with Gasteiger partial charge in [-0.15, -0.1) is 11.3 Å². The van der Waals surface area contributed by atoms with E-state index < -0.39 is 0 Å². The highest BCUT2D eigenvalue weighted by atomic mass is 32.1. The second-order valence-corrected chi connectivity index (χ2v) is 4.90. The number of amides is 1. The summed E-state index contributed by atoms with van der Waals surface area (Å²) in [7, 11) is 1.93. The summed E-state index contributed by atoms with van der Waals surface area (Å²) >= 11 is 1.75. The van der Waals surface area contributed by atoms with E-state index >= 15 is 0 Å². The van der Waals surface area contributed by atoms with Gasteiger partial charge in [-0.1, -0.05) is 0 Å². The molecule has 13 heavy (non-hydrogen) atoms. The molecule has 1 aliphatic heterocycles. The highest BCUT2D eigenvalue weighted by molar-refractivity contribution is 7.10. The Morgan fingerprint density at radius 1 is 1.54 bits per heavy atom. The van der Waals surface area contributed by atoms with Gasteiger partial charge >= 0.3 is 0 Å². The zero-order valence-corrected chi connectivity index (χ0v) is 8.57. The van der Waals surface area contributed by atoms with Crippen LogP contribution in [-0.2, 0) is 5.54 Å². The van der Waals surface area contributed by atoms with Crippen molar-refractivity contribution >= 4 is 17.2 Å². The zero-order valence-electron chi connectivity index (χ0n) is 7.76. The van der Waals surface area contributed by atoms with Crippen molar-refractivity contribution in [1.29, 1.82) is 0 Å². The number of aryl methyl sites for hydroxylation is 1. The molecule has 0 saturated heterocycles. The summed E-state index contributed by atoms with van der Waals surface area (Å²) in [6.07, 6.45) is 2.31. The first-order valence-electron chi connectivity index (χ1n) is 4.53. The Morgan fingerprint density at radius 2 is 2.23 bits per heavy atom. The van der Waals surface area contributed by atoms with E-state index in [1.54, 1.807) is 11.3 Å². The summed E-state index contributed by atoms with van der Waals surface area (Å²) in [4.78, 5) is 15.1. The van der Waals surface area contributed by atoms with Crippen LogP contribution in [0, 0.1) is 6.92 Å². The van der Waals surface area contributed by atoms with Crippen LogP contribution in [0.5, 0.6) is 0 Å². The van der Waals surface area contributed by atoms with Crippen molar-refractivity contribution in [3.05, 3.63) is 21.4 Å². The number of nitrogens with zero attached hydrogens (tertiary/aromatic N) is 1. The number of fused-ring (bicyclic) bond motifs is 2. The van der Waals surface area contributed by atoms with Crippen LogP contribution in [0.2, 0.25) is 0 Å². The second-order valence-electron chi connectivity index (χ2n) is 4.02. The van der Waals surface area contributed by atoms with Crippen molar-refractivity contribution in [1.82, 2.24) is 4.90 Å². The van der Waals surface area contributed by atoms with Crippen LogP contribution in [0.1, 0.15) is 33.6 Å². The topological polar surface area (TPSA) is 20.3 Å². The van der Waals surface area contributed by atoms with Gasteiger partial charge in [-0.2, -0.15) is 0 Å². The largest absolute Gasteiger partial charge is 0.331 e. The molecule has 1 aliphatic carbocycles. The number of carbonyl (C=O) groups is 1. The predicted octanol–water partition coefficient (Wildman–Crippen LogP) is 2.13. The summed E-state index contributed by atoms with van der Waals surface area (Å²) in [6, 6.07) is 0. The van der Waals surface area contributed by atoms with Gasteiger partial charge in [-0.05, 0) is 30.7 Å². The Bertz CT molecular complexity index is 403. The third-order valence-electron chi connectivity index (χ3n) is 3.28. The van der Waals surface area contributed by atoms with Gasteiger partial charge in [0, 0.05) is 11.9 Å². The Hall–Kier alpha value is -0.830. The highest BCUT2D eigenvalue weighted by Crippen LogP contribution is 2.58. The molecule has 2 nitrogen and oxygen atoms in total. The van der Waals surface area contributed by atoms with E-state index in [1.807, 2.05) is 18.9 Å². The summed E-state index contributed by atoms with van der Waals surface area (Å²) in [5, 5.41) is 2.11. The van der Waals surface area contributed by atoms with Crippen LogP contribution in [0.3, 0.4) is 0 Å². The molecule has 3 rings (SSSR count). The fraction of sp³-hybridized carbons (Fsp3) is 0.500. The summed E-state index contributed by atoms with van der Waals surface area (Å²) in [5.41, 5.74) is 2.27. The van der Waals surface area contributed by atoms with E-state index in [1.165, 1.54) is 4.88 Å². The maximum atomic E-state index is 11.9. The van der Waals surface area contributed by atoms with E-state index in [-0.39, 0.29) is 11.4 Å². The Labute approximate surface area is 81.2 Å². The van der Waals surface area contributed by atoms with Gasteiger partial charge in [-0.25, -0.2) is 0 Å². The van der Waals surface area contributed by atoms with Gasteiger partial charge in [-0.3, -0.25) is 4.79 Å². The number of thiophene rings is 1. The van der Waals surface area contributed by atoms with E-state index in [0.29, 0.717) is 0 Å². The molecule has 1 spiro atoms. The van der Waals surface area contributed by atoms with E-state index in [4.69, 9.17) is 0 Å². The Kier molecular flexibility index (Phi) is 1.15. The molecule has 2 aliphatic rings. The number of hydrogen-bond acceptors (Lipinski definition) is 2. The number of carbonyl (C=O) groups excluding carboxylic acids is 1. The van der Waals surface area contributed by atoms with Crippen molar-refractivity contribution in [3.63, 3.8) is 0 Å². The highest BCUT2D eigenvalue weighted by Gasteiger charge is 2.57. The lowest BCUT2D eigenvalue weighted by atomic mass is 10.1. The van der Waals surface area contributed by atoms with Gasteiger partial charge < -0.3 is 4.90 Å². The predicted molar refractivity (Wildman–Crippen MR) is 52.1 cm³/mol. The van der Waals surface area contributed by atoms with Gasteiger partial charge in [0.1, 0.15) is 0 Å². The summed E-state index contributed by atoms with van der Waals surface area (Å²) in [6.45, 7) is 2.03. The maximum absolute atomic E-state index is 11.9. The molecule has 1 amide bonds. The average molecular weight is 193 g/mol. The quantitative estimate of drug-likeness (QED) is 0.618. The van der Waals surface area contributed by atoms with Crippen LogP contribution in [0.15, 0.2) is 5.38 Å².